The van der Waals surface area contributed by atoms with Crippen LogP contribution in [0, 0.1) is 5.82 Å². The Bertz CT molecular complexity index is 434. The van der Waals surface area contributed by atoms with Crippen LogP contribution < -0.4 is 15.8 Å². The summed E-state index contributed by atoms with van der Waals surface area (Å²) < 4.78 is 18.8. The number of fused-ring (bicyclic) bond motifs is 1. The maximum absolute atomic E-state index is 13.4. The normalized spacial score (nSPS) is 18.8. The number of primary amides is 1. The standard InChI is InChI=1S/C11H13FN2O2/c1-14-6-4-8-7(11(13)15)2-3-9(12)10(8)16-5-6/h2-3,6,14H,4-5H2,1H3,(H2,13,15). The molecule has 2 rings (SSSR count). The Kier molecular flexibility index (Phi) is 2.78. The third kappa shape index (κ3) is 1.74. The Hall–Kier alpha value is -1.62. The summed E-state index contributed by atoms with van der Waals surface area (Å²) in [5.74, 6) is -0.853. The van der Waals surface area contributed by atoms with E-state index >= 15 is 0 Å². The average molecular weight is 224 g/mol. The van der Waals surface area contributed by atoms with E-state index in [1.165, 1.54) is 12.1 Å². The second kappa shape index (κ2) is 4.09. The van der Waals surface area contributed by atoms with Gasteiger partial charge in [0.2, 0.25) is 5.91 Å². The first-order chi connectivity index (χ1) is 7.63. The fourth-order valence-corrected chi connectivity index (χ4v) is 1.86. The summed E-state index contributed by atoms with van der Waals surface area (Å²) in [6.07, 6.45) is 0.544. The van der Waals surface area contributed by atoms with Gasteiger partial charge in [0.05, 0.1) is 0 Å². The summed E-state index contributed by atoms with van der Waals surface area (Å²) in [5, 5.41) is 3.03. The highest BCUT2D eigenvalue weighted by atomic mass is 19.1. The molecule has 0 spiro atoms. The van der Waals surface area contributed by atoms with Gasteiger partial charge < -0.3 is 15.8 Å². The first-order valence-corrected chi connectivity index (χ1v) is 5.04. The summed E-state index contributed by atoms with van der Waals surface area (Å²) in [5.41, 5.74) is 6.12. The van der Waals surface area contributed by atoms with Crippen molar-refractivity contribution in [3.8, 4) is 5.75 Å². The van der Waals surface area contributed by atoms with Crippen LogP contribution >= 0.6 is 0 Å². The van der Waals surface area contributed by atoms with Crippen molar-refractivity contribution in [2.75, 3.05) is 13.7 Å². The molecular formula is C11H13FN2O2. The largest absolute Gasteiger partial charge is 0.489 e. The van der Waals surface area contributed by atoms with E-state index in [4.69, 9.17) is 10.5 Å². The third-order valence-electron chi connectivity index (χ3n) is 2.77. The number of carbonyl (C=O) groups excluding carboxylic acids is 1. The highest BCUT2D eigenvalue weighted by Crippen LogP contribution is 2.30. The number of rotatable bonds is 2. The predicted octanol–water partition coefficient (Wildman–Crippen LogP) is 0.447. The minimum Gasteiger partial charge on any atom is -0.489 e. The van der Waals surface area contributed by atoms with Crippen LogP contribution in [-0.2, 0) is 6.42 Å². The smallest absolute Gasteiger partial charge is 0.249 e. The topological polar surface area (TPSA) is 64.3 Å². The first kappa shape index (κ1) is 10.9. The first-order valence-electron chi connectivity index (χ1n) is 5.04. The van der Waals surface area contributed by atoms with Crippen LogP contribution in [0.25, 0.3) is 0 Å². The van der Waals surface area contributed by atoms with Gasteiger partial charge in [-0.15, -0.1) is 0 Å². The fraction of sp³-hybridized carbons (Fsp3) is 0.364. The van der Waals surface area contributed by atoms with Crippen LogP contribution in [0.15, 0.2) is 12.1 Å². The van der Waals surface area contributed by atoms with E-state index in [-0.39, 0.29) is 11.8 Å². The van der Waals surface area contributed by atoms with Crippen LogP contribution in [0.4, 0.5) is 4.39 Å². The van der Waals surface area contributed by atoms with Crippen molar-refractivity contribution in [2.45, 2.75) is 12.5 Å². The molecule has 1 atom stereocenters. The summed E-state index contributed by atoms with van der Waals surface area (Å²) >= 11 is 0. The second-order valence-electron chi connectivity index (χ2n) is 3.77. The molecule has 1 heterocycles. The maximum atomic E-state index is 13.4. The Morgan fingerprint density at radius 1 is 1.62 bits per heavy atom. The van der Waals surface area contributed by atoms with E-state index in [2.05, 4.69) is 5.32 Å². The van der Waals surface area contributed by atoms with Crippen molar-refractivity contribution in [3.63, 3.8) is 0 Å². The molecule has 1 aromatic carbocycles. The molecule has 1 amide bonds. The van der Waals surface area contributed by atoms with Crippen LogP contribution in [0.2, 0.25) is 0 Å². The number of nitrogens with two attached hydrogens (primary N) is 1. The highest BCUT2D eigenvalue weighted by molar-refractivity contribution is 5.95. The number of nitrogens with one attached hydrogen (secondary N) is 1. The summed E-state index contributed by atoms with van der Waals surface area (Å²) in [6, 6.07) is 2.68. The Labute approximate surface area is 92.6 Å². The third-order valence-corrected chi connectivity index (χ3v) is 2.77. The van der Waals surface area contributed by atoms with Gasteiger partial charge >= 0.3 is 0 Å². The number of hydrogen-bond acceptors (Lipinski definition) is 3. The van der Waals surface area contributed by atoms with E-state index in [1.54, 1.807) is 7.05 Å². The van der Waals surface area contributed by atoms with Gasteiger partial charge in [-0.05, 0) is 25.6 Å². The van der Waals surface area contributed by atoms with Gasteiger partial charge in [-0.1, -0.05) is 0 Å². The zero-order valence-corrected chi connectivity index (χ0v) is 8.92. The zero-order valence-electron chi connectivity index (χ0n) is 8.92. The van der Waals surface area contributed by atoms with Crippen LogP contribution in [0.5, 0.6) is 5.75 Å². The van der Waals surface area contributed by atoms with Crippen LogP contribution in [0.1, 0.15) is 15.9 Å². The minimum atomic E-state index is -0.559. The number of ether oxygens (including phenoxy) is 1. The number of amides is 1. The Morgan fingerprint density at radius 3 is 3.00 bits per heavy atom. The lowest BCUT2D eigenvalue weighted by Crippen LogP contribution is -2.38. The Morgan fingerprint density at radius 2 is 2.38 bits per heavy atom. The van der Waals surface area contributed by atoms with Gasteiger partial charge in [-0.25, -0.2) is 4.39 Å². The number of benzene rings is 1. The molecule has 4 nitrogen and oxygen atoms in total. The van der Waals surface area contributed by atoms with Crippen molar-refractivity contribution >= 4 is 5.91 Å². The van der Waals surface area contributed by atoms with Gasteiger partial charge in [0, 0.05) is 17.2 Å². The molecule has 3 N–H and O–H groups in total. The molecule has 0 bridgehead atoms. The number of hydrogen-bond donors (Lipinski definition) is 2. The van der Waals surface area contributed by atoms with Crippen molar-refractivity contribution < 1.29 is 13.9 Å². The van der Waals surface area contributed by atoms with Crippen molar-refractivity contribution in [1.29, 1.82) is 0 Å². The average Bonchev–Trinajstić information content (AvgIpc) is 2.28. The molecule has 0 saturated carbocycles. The lowest BCUT2D eigenvalue weighted by Gasteiger charge is -2.26. The SMILES string of the molecule is CNC1COc2c(F)ccc(C(N)=O)c2C1. The molecular weight excluding hydrogens is 211 g/mol. The molecule has 0 saturated heterocycles. The monoisotopic (exact) mass is 224 g/mol. The summed E-state index contributed by atoms with van der Waals surface area (Å²) in [4.78, 5) is 11.2. The van der Waals surface area contributed by atoms with Crippen molar-refractivity contribution in [1.82, 2.24) is 5.32 Å². The molecule has 86 valence electrons. The van der Waals surface area contributed by atoms with Gasteiger partial charge in [-0.2, -0.15) is 0 Å². The van der Waals surface area contributed by atoms with Crippen LogP contribution in [-0.4, -0.2) is 25.6 Å². The van der Waals surface area contributed by atoms with Gasteiger partial charge in [-0.3, -0.25) is 4.79 Å². The molecule has 0 aliphatic carbocycles. The molecule has 16 heavy (non-hydrogen) atoms. The molecule has 1 aromatic rings. The molecule has 0 radical (unpaired) electrons. The molecule has 1 aliphatic rings. The van der Waals surface area contributed by atoms with E-state index < -0.39 is 11.7 Å². The van der Waals surface area contributed by atoms with Gasteiger partial charge in [0.15, 0.2) is 11.6 Å². The van der Waals surface area contributed by atoms with Crippen molar-refractivity contribution in [2.24, 2.45) is 5.73 Å². The summed E-state index contributed by atoms with van der Waals surface area (Å²) in [6.45, 7) is 0.392. The van der Waals surface area contributed by atoms with Gasteiger partial charge in [0.1, 0.15) is 6.61 Å². The Balaban J connectivity index is 2.49. The fourth-order valence-electron chi connectivity index (χ4n) is 1.86. The van der Waals surface area contributed by atoms with Crippen LogP contribution in [0.3, 0.4) is 0 Å². The second-order valence-corrected chi connectivity index (χ2v) is 3.77. The summed E-state index contributed by atoms with van der Waals surface area (Å²) in [7, 11) is 1.79. The number of carbonyl (C=O) groups is 1. The minimum absolute atomic E-state index is 0.0763. The van der Waals surface area contributed by atoms with Gasteiger partial charge in [0.25, 0.3) is 0 Å². The van der Waals surface area contributed by atoms with Crippen molar-refractivity contribution in [3.05, 3.63) is 29.1 Å². The van der Waals surface area contributed by atoms with E-state index in [1.807, 2.05) is 0 Å². The molecule has 0 aromatic heterocycles. The maximum Gasteiger partial charge on any atom is 0.249 e. The quantitative estimate of drug-likeness (QED) is 0.766. The van der Waals surface area contributed by atoms with E-state index in [9.17, 15) is 9.18 Å². The lowest BCUT2D eigenvalue weighted by atomic mass is 9.96. The number of likely N-dealkylation sites (N-methyl/N-ethyl adjacent to an activating group) is 1. The number of halogens is 1. The molecule has 1 unspecified atom stereocenters. The molecule has 5 heteroatoms. The highest BCUT2D eigenvalue weighted by Gasteiger charge is 2.25. The van der Waals surface area contributed by atoms with E-state index in [0.717, 1.165) is 0 Å². The van der Waals surface area contributed by atoms with E-state index in [0.29, 0.717) is 24.2 Å². The molecule has 0 fully saturated rings. The predicted molar refractivity (Wildman–Crippen MR) is 57.0 cm³/mol. The lowest BCUT2D eigenvalue weighted by molar-refractivity contribution is 0.0997. The zero-order chi connectivity index (χ0) is 11.7. The molecule has 1 aliphatic heterocycles.